The van der Waals surface area contributed by atoms with E-state index in [1.807, 2.05) is 19.1 Å². The zero-order valence-corrected chi connectivity index (χ0v) is 14.0. The number of carbonyl (C=O) groups excluding carboxylic acids is 1. The first-order chi connectivity index (χ1) is 11.7. The molecule has 1 aliphatic carbocycles. The third-order valence-electron chi connectivity index (χ3n) is 4.20. The van der Waals surface area contributed by atoms with Gasteiger partial charge in [-0.1, -0.05) is 24.3 Å². The van der Waals surface area contributed by atoms with Crippen molar-refractivity contribution < 1.29 is 4.79 Å². The van der Waals surface area contributed by atoms with Crippen LogP contribution in [0.5, 0.6) is 0 Å². The molecule has 24 heavy (non-hydrogen) atoms. The van der Waals surface area contributed by atoms with Crippen LogP contribution >= 0.6 is 11.3 Å². The van der Waals surface area contributed by atoms with Crippen molar-refractivity contribution in [1.82, 2.24) is 20.3 Å². The Morgan fingerprint density at radius 3 is 2.83 bits per heavy atom. The number of amides is 1. The van der Waals surface area contributed by atoms with Crippen LogP contribution in [0.4, 0.5) is 0 Å². The van der Waals surface area contributed by atoms with Crippen molar-refractivity contribution >= 4 is 17.2 Å². The first-order valence-corrected chi connectivity index (χ1v) is 8.67. The Morgan fingerprint density at radius 1 is 1.21 bits per heavy atom. The van der Waals surface area contributed by atoms with Gasteiger partial charge in [0, 0.05) is 12.4 Å². The number of rotatable bonds is 3. The Kier molecular flexibility index (Phi) is 3.82. The molecule has 0 saturated heterocycles. The van der Waals surface area contributed by atoms with E-state index in [1.54, 1.807) is 18.5 Å². The quantitative estimate of drug-likeness (QED) is 0.796. The highest BCUT2D eigenvalue weighted by atomic mass is 32.1. The highest BCUT2D eigenvalue weighted by molar-refractivity contribution is 7.17. The zero-order chi connectivity index (χ0) is 16.5. The Balaban J connectivity index is 1.57. The van der Waals surface area contributed by atoms with Crippen molar-refractivity contribution in [3.05, 3.63) is 64.4 Å². The molecule has 1 N–H and O–H groups in total. The molecule has 1 amide bonds. The fourth-order valence-corrected chi connectivity index (χ4v) is 3.96. The van der Waals surface area contributed by atoms with Gasteiger partial charge in [-0.05, 0) is 37.0 Å². The van der Waals surface area contributed by atoms with Gasteiger partial charge in [-0.2, -0.15) is 0 Å². The predicted octanol–water partition coefficient (Wildman–Crippen LogP) is 3.33. The minimum absolute atomic E-state index is 0.0751. The summed E-state index contributed by atoms with van der Waals surface area (Å²) in [6.45, 7) is 1.85. The smallest absolute Gasteiger partial charge is 0.263 e. The molecule has 5 nitrogen and oxygen atoms in total. The van der Waals surface area contributed by atoms with Crippen LogP contribution in [0, 0.1) is 6.92 Å². The number of nitrogens with zero attached hydrogens (tertiary/aromatic N) is 3. The summed E-state index contributed by atoms with van der Waals surface area (Å²) in [5.74, 6) is 0.477. The summed E-state index contributed by atoms with van der Waals surface area (Å²) < 4.78 is 0. The van der Waals surface area contributed by atoms with E-state index in [4.69, 9.17) is 0 Å². The maximum absolute atomic E-state index is 12.7. The van der Waals surface area contributed by atoms with E-state index in [2.05, 4.69) is 32.4 Å². The second-order valence-electron chi connectivity index (χ2n) is 5.77. The van der Waals surface area contributed by atoms with E-state index in [0.717, 1.165) is 12.8 Å². The highest BCUT2D eigenvalue weighted by Gasteiger charge is 2.25. The molecule has 0 bridgehead atoms. The number of hydrogen-bond donors (Lipinski definition) is 1. The van der Waals surface area contributed by atoms with Crippen molar-refractivity contribution in [3.63, 3.8) is 0 Å². The van der Waals surface area contributed by atoms with Crippen LogP contribution in [0.1, 0.15) is 39.0 Å². The van der Waals surface area contributed by atoms with Gasteiger partial charge in [0.25, 0.3) is 5.91 Å². The van der Waals surface area contributed by atoms with Crippen LogP contribution in [-0.2, 0) is 6.42 Å². The largest absolute Gasteiger partial charge is 0.344 e. The SMILES string of the molecule is Cc1nc(-c2ncccn2)sc1C(=O)N[C@@H]1CCc2ccccc21. The van der Waals surface area contributed by atoms with E-state index in [-0.39, 0.29) is 11.9 Å². The second-order valence-corrected chi connectivity index (χ2v) is 6.77. The molecule has 3 aromatic rings. The summed E-state index contributed by atoms with van der Waals surface area (Å²) in [5.41, 5.74) is 3.26. The number of thiazole rings is 1. The Morgan fingerprint density at radius 2 is 2.00 bits per heavy atom. The molecule has 1 aromatic carbocycles. The minimum atomic E-state index is -0.0751. The normalized spacial score (nSPS) is 16.0. The lowest BCUT2D eigenvalue weighted by atomic mass is 10.1. The molecule has 1 atom stereocenters. The molecule has 0 radical (unpaired) electrons. The summed E-state index contributed by atoms with van der Waals surface area (Å²) in [7, 11) is 0. The van der Waals surface area contributed by atoms with Crippen LogP contribution in [0.25, 0.3) is 10.8 Å². The molecule has 2 heterocycles. The lowest BCUT2D eigenvalue weighted by Crippen LogP contribution is -2.26. The van der Waals surface area contributed by atoms with Gasteiger partial charge in [0.1, 0.15) is 4.88 Å². The van der Waals surface area contributed by atoms with Crippen LogP contribution in [-0.4, -0.2) is 20.9 Å². The Hall–Kier alpha value is -2.60. The van der Waals surface area contributed by atoms with Gasteiger partial charge in [-0.15, -0.1) is 11.3 Å². The predicted molar refractivity (Wildman–Crippen MR) is 92.8 cm³/mol. The minimum Gasteiger partial charge on any atom is -0.344 e. The summed E-state index contributed by atoms with van der Waals surface area (Å²) >= 11 is 1.34. The number of aryl methyl sites for hydroxylation is 2. The summed E-state index contributed by atoms with van der Waals surface area (Å²) in [6, 6.07) is 10.1. The molecule has 6 heteroatoms. The lowest BCUT2D eigenvalue weighted by Gasteiger charge is -2.13. The molecule has 120 valence electrons. The molecule has 0 unspecified atom stereocenters. The molecule has 1 aliphatic rings. The molecule has 0 fully saturated rings. The van der Waals surface area contributed by atoms with Crippen molar-refractivity contribution in [2.24, 2.45) is 0 Å². The molecule has 0 saturated carbocycles. The molecular weight excluding hydrogens is 320 g/mol. The number of carbonyl (C=O) groups is 1. The number of benzene rings is 1. The number of hydrogen-bond acceptors (Lipinski definition) is 5. The topological polar surface area (TPSA) is 67.8 Å². The Labute approximate surface area is 143 Å². The summed E-state index contributed by atoms with van der Waals surface area (Å²) in [5, 5.41) is 3.82. The molecular formula is C18H16N4OS. The fraction of sp³-hybridized carbons (Fsp3) is 0.222. The maximum atomic E-state index is 12.7. The number of fused-ring (bicyclic) bond motifs is 1. The standard InChI is InChI=1S/C18H16N4OS/c1-11-15(24-18(21-11)16-19-9-4-10-20-16)17(23)22-14-8-7-12-5-2-3-6-13(12)14/h2-6,9-10,14H,7-8H2,1H3,(H,22,23)/t14-/m1/s1. The lowest BCUT2D eigenvalue weighted by molar-refractivity contribution is 0.0940. The van der Waals surface area contributed by atoms with Gasteiger partial charge in [0.05, 0.1) is 11.7 Å². The van der Waals surface area contributed by atoms with E-state index < -0.39 is 0 Å². The van der Waals surface area contributed by atoms with Crippen molar-refractivity contribution in [2.45, 2.75) is 25.8 Å². The number of nitrogens with one attached hydrogen (secondary N) is 1. The van der Waals surface area contributed by atoms with Gasteiger partial charge in [-0.3, -0.25) is 4.79 Å². The van der Waals surface area contributed by atoms with Gasteiger partial charge in [0.15, 0.2) is 10.8 Å². The van der Waals surface area contributed by atoms with Crippen molar-refractivity contribution in [2.75, 3.05) is 0 Å². The van der Waals surface area contributed by atoms with Gasteiger partial charge < -0.3 is 5.32 Å². The first kappa shape index (κ1) is 15.0. The van der Waals surface area contributed by atoms with E-state index in [9.17, 15) is 4.79 Å². The zero-order valence-electron chi connectivity index (χ0n) is 13.2. The molecule has 0 aliphatic heterocycles. The van der Waals surface area contributed by atoms with E-state index in [1.165, 1.54) is 22.5 Å². The van der Waals surface area contributed by atoms with Crippen LogP contribution in [0.2, 0.25) is 0 Å². The third-order valence-corrected chi connectivity index (χ3v) is 5.35. The summed E-state index contributed by atoms with van der Waals surface area (Å²) in [6.07, 6.45) is 5.30. The highest BCUT2D eigenvalue weighted by Crippen LogP contribution is 2.32. The average molecular weight is 336 g/mol. The Bertz CT molecular complexity index is 891. The van der Waals surface area contributed by atoms with E-state index in [0.29, 0.717) is 21.4 Å². The average Bonchev–Trinajstić information content (AvgIpc) is 3.20. The van der Waals surface area contributed by atoms with Gasteiger partial charge in [0.2, 0.25) is 0 Å². The molecule has 0 spiro atoms. The summed E-state index contributed by atoms with van der Waals surface area (Å²) in [4.78, 5) is 26.2. The molecule has 4 rings (SSSR count). The van der Waals surface area contributed by atoms with Crippen LogP contribution in [0.3, 0.4) is 0 Å². The fourth-order valence-electron chi connectivity index (χ4n) is 3.04. The molecule has 2 aromatic heterocycles. The van der Waals surface area contributed by atoms with Gasteiger partial charge >= 0.3 is 0 Å². The van der Waals surface area contributed by atoms with Crippen LogP contribution in [0.15, 0.2) is 42.7 Å². The monoisotopic (exact) mass is 336 g/mol. The second kappa shape index (κ2) is 6.13. The van der Waals surface area contributed by atoms with E-state index >= 15 is 0 Å². The van der Waals surface area contributed by atoms with Crippen molar-refractivity contribution in [1.29, 1.82) is 0 Å². The number of aromatic nitrogens is 3. The third kappa shape index (κ3) is 2.69. The van der Waals surface area contributed by atoms with Crippen molar-refractivity contribution in [3.8, 4) is 10.8 Å². The first-order valence-electron chi connectivity index (χ1n) is 7.86. The maximum Gasteiger partial charge on any atom is 0.263 e. The van der Waals surface area contributed by atoms with Gasteiger partial charge in [-0.25, -0.2) is 15.0 Å². The van der Waals surface area contributed by atoms with Crippen LogP contribution < -0.4 is 5.32 Å².